The van der Waals surface area contributed by atoms with Gasteiger partial charge in [-0.05, 0) is 49.5 Å². The van der Waals surface area contributed by atoms with E-state index in [4.69, 9.17) is 17.5 Å². The van der Waals surface area contributed by atoms with Gasteiger partial charge in [-0.25, -0.2) is 4.39 Å². The number of hydrogen-bond donors (Lipinski definition) is 1. The maximum absolute atomic E-state index is 13.7. The molecular weight excluding hydrogens is 273 g/mol. The van der Waals surface area contributed by atoms with Crippen molar-refractivity contribution in [2.45, 2.75) is 6.92 Å². The molecule has 0 spiro atoms. The fourth-order valence-corrected chi connectivity index (χ4v) is 2.56. The van der Waals surface area contributed by atoms with Gasteiger partial charge in [-0.2, -0.15) is 5.26 Å². The normalized spacial score (nSPS) is 10.7. The Morgan fingerprint density at radius 3 is 2.85 bits per heavy atom. The number of imidazole rings is 1. The van der Waals surface area contributed by atoms with Crippen LogP contribution in [0.4, 0.5) is 4.39 Å². The summed E-state index contributed by atoms with van der Waals surface area (Å²) in [6.07, 6.45) is 0. The molecule has 1 aromatic heterocycles. The van der Waals surface area contributed by atoms with Crippen LogP contribution in [-0.2, 0) is 0 Å². The van der Waals surface area contributed by atoms with Crippen LogP contribution >= 0.6 is 12.2 Å². The summed E-state index contributed by atoms with van der Waals surface area (Å²) in [6.45, 7) is 1.71. The van der Waals surface area contributed by atoms with Crippen molar-refractivity contribution in [1.29, 1.82) is 5.26 Å². The lowest BCUT2D eigenvalue weighted by molar-refractivity contribution is 0.617. The van der Waals surface area contributed by atoms with Crippen molar-refractivity contribution in [2.75, 3.05) is 0 Å². The van der Waals surface area contributed by atoms with Crippen LogP contribution in [-0.4, -0.2) is 9.55 Å². The molecule has 5 heteroatoms. The summed E-state index contributed by atoms with van der Waals surface area (Å²) in [7, 11) is 0. The molecule has 20 heavy (non-hydrogen) atoms. The third kappa shape index (κ3) is 1.82. The van der Waals surface area contributed by atoms with Crippen molar-refractivity contribution < 1.29 is 4.39 Å². The lowest BCUT2D eigenvalue weighted by atomic mass is 10.1. The third-order valence-electron chi connectivity index (χ3n) is 3.29. The minimum absolute atomic E-state index is 0.282. The maximum Gasteiger partial charge on any atom is 0.182 e. The van der Waals surface area contributed by atoms with Gasteiger partial charge < -0.3 is 4.98 Å². The Bertz CT molecular complexity index is 915. The Kier molecular flexibility index (Phi) is 2.88. The number of aromatic amines is 1. The van der Waals surface area contributed by atoms with Crippen LogP contribution in [0, 0.1) is 28.8 Å². The molecule has 0 radical (unpaired) electrons. The molecule has 0 aliphatic heterocycles. The van der Waals surface area contributed by atoms with Gasteiger partial charge in [0.2, 0.25) is 0 Å². The molecule has 0 saturated heterocycles. The summed E-state index contributed by atoms with van der Waals surface area (Å²) in [6, 6.07) is 12.2. The molecule has 0 fully saturated rings. The zero-order valence-electron chi connectivity index (χ0n) is 10.6. The molecule has 3 aromatic rings. The first-order valence-corrected chi connectivity index (χ1v) is 6.43. The van der Waals surface area contributed by atoms with Gasteiger partial charge >= 0.3 is 0 Å². The molecule has 0 saturated carbocycles. The van der Waals surface area contributed by atoms with E-state index in [1.54, 1.807) is 41.8 Å². The SMILES string of the molecule is Cc1c(F)cccc1-n1c(=S)[nH]c2ccc(C#N)cc21. The second-order valence-corrected chi connectivity index (χ2v) is 4.88. The molecule has 1 N–H and O–H groups in total. The van der Waals surface area contributed by atoms with Crippen molar-refractivity contribution in [3.8, 4) is 11.8 Å². The van der Waals surface area contributed by atoms with Gasteiger partial charge in [0, 0.05) is 5.56 Å². The Labute approximate surface area is 119 Å². The topological polar surface area (TPSA) is 44.5 Å². The summed E-state index contributed by atoms with van der Waals surface area (Å²) in [5.41, 5.74) is 3.32. The Balaban J connectivity index is 2.42. The molecular formula is C15H10FN3S. The second-order valence-electron chi connectivity index (χ2n) is 4.49. The number of aromatic nitrogens is 2. The van der Waals surface area contributed by atoms with Gasteiger partial charge in [-0.1, -0.05) is 6.07 Å². The number of nitrogens with zero attached hydrogens (tertiary/aromatic N) is 2. The number of hydrogen-bond acceptors (Lipinski definition) is 2. The summed E-state index contributed by atoms with van der Waals surface area (Å²) < 4.78 is 16.0. The van der Waals surface area contributed by atoms with E-state index >= 15 is 0 Å². The predicted octanol–water partition coefficient (Wildman–Crippen LogP) is 4.01. The average Bonchev–Trinajstić information content (AvgIpc) is 2.77. The maximum atomic E-state index is 13.7. The van der Waals surface area contributed by atoms with E-state index in [0.29, 0.717) is 21.6 Å². The van der Waals surface area contributed by atoms with Gasteiger partial charge in [0.25, 0.3) is 0 Å². The van der Waals surface area contributed by atoms with Gasteiger partial charge in [0.05, 0.1) is 28.4 Å². The number of halogens is 1. The van der Waals surface area contributed by atoms with Gasteiger partial charge in [-0.15, -0.1) is 0 Å². The van der Waals surface area contributed by atoms with Crippen molar-refractivity contribution in [3.05, 3.63) is 58.1 Å². The molecule has 0 aliphatic carbocycles. The van der Waals surface area contributed by atoms with Crippen LogP contribution < -0.4 is 0 Å². The van der Waals surface area contributed by atoms with Crippen LogP contribution in [0.3, 0.4) is 0 Å². The highest BCUT2D eigenvalue weighted by molar-refractivity contribution is 7.71. The van der Waals surface area contributed by atoms with Crippen LogP contribution in [0.15, 0.2) is 36.4 Å². The van der Waals surface area contributed by atoms with E-state index in [1.807, 2.05) is 0 Å². The zero-order valence-corrected chi connectivity index (χ0v) is 11.5. The third-order valence-corrected chi connectivity index (χ3v) is 3.58. The highest BCUT2D eigenvalue weighted by atomic mass is 32.1. The molecule has 0 aliphatic rings. The zero-order chi connectivity index (χ0) is 14.3. The first-order chi connectivity index (χ1) is 9.61. The van der Waals surface area contributed by atoms with Crippen molar-refractivity contribution in [1.82, 2.24) is 9.55 Å². The van der Waals surface area contributed by atoms with E-state index in [9.17, 15) is 4.39 Å². The first kappa shape index (κ1) is 12.6. The smallest absolute Gasteiger partial charge is 0.182 e. The summed E-state index contributed by atoms with van der Waals surface area (Å²) in [4.78, 5) is 3.07. The number of fused-ring (bicyclic) bond motifs is 1. The number of H-pyrrole nitrogens is 1. The molecule has 0 unspecified atom stereocenters. The molecule has 3 nitrogen and oxygen atoms in total. The lowest BCUT2D eigenvalue weighted by Crippen LogP contribution is -1.99. The lowest BCUT2D eigenvalue weighted by Gasteiger charge is -2.09. The number of nitriles is 1. The van der Waals surface area contributed by atoms with Crippen molar-refractivity contribution >= 4 is 23.3 Å². The average molecular weight is 283 g/mol. The molecule has 0 atom stereocenters. The first-order valence-electron chi connectivity index (χ1n) is 6.02. The summed E-state index contributed by atoms with van der Waals surface area (Å²) in [5, 5.41) is 9.01. The van der Waals surface area contributed by atoms with Crippen molar-refractivity contribution in [3.63, 3.8) is 0 Å². The Morgan fingerprint density at radius 1 is 1.30 bits per heavy atom. The number of benzene rings is 2. The summed E-state index contributed by atoms with van der Waals surface area (Å²) in [5.74, 6) is -0.282. The largest absolute Gasteiger partial charge is 0.330 e. The van der Waals surface area contributed by atoms with Gasteiger partial charge in [-0.3, -0.25) is 4.57 Å². The van der Waals surface area contributed by atoms with Crippen LogP contribution in [0.1, 0.15) is 11.1 Å². The fourth-order valence-electron chi connectivity index (χ4n) is 2.25. The molecule has 3 rings (SSSR count). The Morgan fingerprint density at radius 2 is 2.10 bits per heavy atom. The van der Waals surface area contributed by atoms with Gasteiger partial charge in [0.1, 0.15) is 5.82 Å². The van der Waals surface area contributed by atoms with E-state index < -0.39 is 0 Å². The quantitative estimate of drug-likeness (QED) is 0.686. The minimum Gasteiger partial charge on any atom is -0.330 e. The minimum atomic E-state index is -0.282. The molecule has 2 aromatic carbocycles. The standard InChI is InChI=1S/C15H10FN3S/c1-9-11(16)3-2-4-13(9)19-14-7-10(8-17)5-6-12(14)18-15(19)20/h2-7H,1H3,(H,18,20). The fraction of sp³-hybridized carbons (Fsp3) is 0.0667. The van der Waals surface area contributed by atoms with E-state index in [2.05, 4.69) is 11.1 Å². The molecule has 0 bridgehead atoms. The number of rotatable bonds is 1. The highest BCUT2D eigenvalue weighted by Gasteiger charge is 2.11. The summed E-state index contributed by atoms with van der Waals surface area (Å²) >= 11 is 5.32. The molecule has 1 heterocycles. The molecule has 98 valence electrons. The molecule has 0 amide bonds. The second kappa shape index (κ2) is 4.58. The van der Waals surface area contributed by atoms with Crippen LogP contribution in [0.2, 0.25) is 0 Å². The van der Waals surface area contributed by atoms with Gasteiger partial charge in [0.15, 0.2) is 4.77 Å². The van der Waals surface area contributed by atoms with Crippen molar-refractivity contribution in [2.24, 2.45) is 0 Å². The van der Waals surface area contributed by atoms with E-state index in [-0.39, 0.29) is 5.82 Å². The monoisotopic (exact) mass is 283 g/mol. The Hall–Kier alpha value is -2.45. The number of nitrogens with one attached hydrogen (secondary N) is 1. The van der Waals surface area contributed by atoms with E-state index in [0.717, 1.165) is 11.0 Å². The van der Waals surface area contributed by atoms with Crippen LogP contribution in [0.5, 0.6) is 0 Å². The highest BCUT2D eigenvalue weighted by Crippen LogP contribution is 2.24. The predicted molar refractivity (Wildman–Crippen MR) is 77.9 cm³/mol. The van der Waals surface area contributed by atoms with Crippen LogP contribution in [0.25, 0.3) is 16.7 Å². The van der Waals surface area contributed by atoms with E-state index in [1.165, 1.54) is 6.07 Å².